The molecule has 1 amide bonds. The predicted molar refractivity (Wildman–Crippen MR) is 64.5 cm³/mol. The number of aromatic carboxylic acids is 1. The van der Waals surface area contributed by atoms with E-state index < -0.39 is 5.97 Å². The van der Waals surface area contributed by atoms with Crippen molar-refractivity contribution in [1.29, 1.82) is 0 Å². The van der Waals surface area contributed by atoms with Gasteiger partial charge in [-0.25, -0.2) is 4.79 Å². The van der Waals surface area contributed by atoms with E-state index in [1.54, 1.807) is 0 Å². The molecule has 5 heteroatoms. The van der Waals surface area contributed by atoms with Gasteiger partial charge in [0.05, 0.1) is 0 Å². The molecule has 1 saturated carbocycles. The molecule has 18 heavy (non-hydrogen) atoms. The van der Waals surface area contributed by atoms with Crippen LogP contribution in [0.5, 0.6) is 0 Å². The zero-order valence-electron chi connectivity index (χ0n) is 10.9. The van der Waals surface area contributed by atoms with Gasteiger partial charge < -0.3 is 14.8 Å². The Morgan fingerprint density at radius 1 is 1.17 bits per heavy atom. The second-order valence-corrected chi connectivity index (χ2v) is 5.82. The van der Waals surface area contributed by atoms with E-state index in [-0.39, 0.29) is 34.3 Å². The van der Waals surface area contributed by atoms with Crippen LogP contribution in [0.3, 0.4) is 0 Å². The van der Waals surface area contributed by atoms with Gasteiger partial charge in [-0.05, 0) is 23.0 Å². The van der Waals surface area contributed by atoms with Crippen molar-refractivity contribution in [3.63, 3.8) is 0 Å². The Bertz CT molecular complexity index is 499. The van der Waals surface area contributed by atoms with Crippen molar-refractivity contribution in [1.82, 2.24) is 5.32 Å². The minimum Gasteiger partial charge on any atom is -0.475 e. The predicted octanol–water partition coefficient (Wildman–Crippen LogP) is 2.14. The number of carboxylic acid groups (broad SMARTS) is 1. The number of nitrogens with one attached hydrogen (secondary N) is 1. The lowest BCUT2D eigenvalue weighted by atomic mass is 10.0. The van der Waals surface area contributed by atoms with Gasteiger partial charge in [-0.3, -0.25) is 4.79 Å². The van der Waals surface area contributed by atoms with Crippen molar-refractivity contribution in [2.75, 3.05) is 0 Å². The maximum Gasteiger partial charge on any atom is 0.371 e. The molecule has 0 radical (unpaired) electrons. The van der Waals surface area contributed by atoms with Crippen LogP contribution in [0.25, 0.3) is 0 Å². The van der Waals surface area contributed by atoms with Crippen molar-refractivity contribution >= 4 is 11.9 Å². The molecule has 1 aromatic heterocycles. The molecule has 1 fully saturated rings. The van der Waals surface area contributed by atoms with Gasteiger partial charge in [0, 0.05) is 6.04 Å². The summed E-state index contributed by atoms with van der Waals surface area (Å²) in [6, 6.07) is 2.72. The van der Waals surface area contributed by atoms with Crippen LogP contribution in [-0.4, -0.2) is 23.0 Å². The molecule has 5 nitrogen and oxygen atoms in total. The van der Waals surface area contributed by atoms with Crippen LogP contribution in [0.4, 0.5) is 0 Å². The van der Waals surface area contributed by atoms with E-state index in [1.807, 2.05) is 0 Å². The summed E-state index contributed by atoms with van der Waals surface area (Å²) < 4.78 is 4.96. The van der Waals surface area contributed by atoms with Crippen molar-refractivity contribution < 1.29 is 19.1 Å². The molecule has 98 valence electrons. The molecule has 0 aromatic carbocycles. The quantitative estimate of drug-likeness (QED) is 0.862. The summed E-state index contributed by atoms with van der Waals surface area (Å²) in [4.78, 5) is 22.6. The fourth-order valence-corrected chi connectivity index (χ4v) is 2.33. The zero-order valence-corrected chi connectivity index (χ0v) is 10.9. The van der Waals surface area contributed by atoms with Gasteiger partial charge >= 0.3 is 5.97 Å². The van der Waals surface area contributed by atoms with Crippen LogP contribution < -0.4 is 5.32 Å². The molecule has 1 aliphatic carbocycles. The molecule has 1 aromatic rings. The summed E-state index contributed by atoms with van der Waals surface area (Å²) in [5.41, 5.74) is 0.0652. The fourth-order valence-electron chi connectivity index (χ4n) is 2.33. The first kappa shape index (κ1) is 12.7. The van der Waals surface area contributed by atoms with Gasteiger partial charge in [-0.15, -0.1) is 0 Å². The van der Waals surface area contributed by atoms with Gasteiger partial charge in [0.15, 0.2) is 5.76 Å². The Labute approximate surface area is 105 Å². The third-order valence-electron chi connectivity index (χ3n) is 4.34. The Balaban J connectivity index is 2.08. The first-order chi connectivity index (χ1) is 8.18. The van der Waals surface area contributed by atoms with E-state index >= 15 is 0 Å². The number of hydrogen-bond donors (Lipinski definition) is 2. The largest absolute Gasteiger partial charge is 0.475 e. The van der Waals surface area contributed by atoms with E-state index in [0.717, 1.165) is 0 Å². The molecular formula is C13H17NO4. The highest BCUT2D eigenvalue weighted by molar-refractivity contribution is 5.94. The lowest BCUT2D eigenvalue weighted by Gasteiger charge is -2.04. The minimum atomic E-state index is -1.18. The van der Waals surface area contributed by atoms with Crippen LogP contribution in [0.2, 0.25) is 0 Å². The molecule has 0 bridgehead atoms. The second-order valence-electron chi connectivity index (χ2n) is 5.82. The SMILES string of the molecule is CC1(C)C(NC(=O)c2ccc(C(=O)O)o2)C1(C)C. The molecule has 2 rings (SSSR count). The van der Waals surface area contributed by atoms with Crippen molar-refractivity contribution in [3.8, 4) is 0 Å². The molecule has 0 aliphatic heterocycles. The molecule has 2 N–H and O–H groups in total. The van der Waals surface area contributed by atoms with Gasteiger partial charge in [0.25, 0.3) is 5.91 Å². The summed E-state index contributed by atoms with van der Waals surface area (Å²) in [5, 5.41) is 11.6. The first-order valence-electron chi connectivity index (χ1n) is 5.82. The minimum absolute atomic E-state index is 0.0326. The van der Waals surface area contributed by atoms with Crippen molar-refractivity contribution in [2.45, 2.75) is 33.7 Å². The molecule has 0 atom stereocenters. The second kappa shape index (κ2) is 3.60. The summed E-state index contributed by atoms with van der Waals surface area (Å²) in [6.07, 6.45) is 0. The monoisotopic (exact) mass is 251 g/mol. The molecule has 1 aliphatic rings. The maximum absolute atomic E-state index is 11.9. The topological polar surface area (TPSA) is 79.5 Å². The normalized spacial score (nSPS) is 20.4. The van der Waals surface area contributed by atoms with Gasteiger partial charge in [0.2, 0.25) is 5.76 Å². The highest BCUT2D eigenvalue weighted by atomic mass is 16.4. The summed E-state index contributed by atoms with van der Waals surface area (Å²) in [7, 11) is 0. The standard InChI is InChI=1S/C13H17NO4/c1-12(2)11(13(12,3)4)14-9(15)7-5-6-8(18-7)10(16)17/h5-6,11H,1-4H3,(H,14,15)(H,16,17). The van der Waals surface area contributed by atoms with Gasteiger partial charge in [-0.1, -0.05) is 27.7 Å². The first-order valence-corrected chi connectivity index (χ1v) is 5.82. The van der Waals surface area contributed by atoms with Crippen LogP contribution >= 0.6 is 0 Å². The summed E-state index contributed by atoms with van der Waals surface area (Å²) in [5.74, 6) is -1.74. The molecular weight excluding hydrogens is 234 g/mol. The van der Waals surface area contributed by atoms with Gasteiger partial charge in [-0.2, -0.15) is 0 Å². The number of furan rings is 1. The van der Waals surface area contributed by atoms with Crippen LogP contribution in [0.15, 0.2) is 16.5 Å². The average molecular weight is 251 g/mol. The molecule has 0 saturated heterocycles. The highest BCUT2D eigenvalue weighted by Gasteiger charge is 2.65. The Morgan fingerprint density at radius 3 is 2.06 bits per heavy atom. The number of hydrogen-bond acceptors (Lipinski definition) is 3. The third-order valence-corrected chi connectivity index (χ3v) is 4.34. The van der Waals surface area contributed by atoms with E-state index in [9.17, 15) is 9.59 Å². The average Bonchev–Trinajstić information content (AvgIpc) is 2.68. The molecule has 0 spiro atoms. The molecule has 0 unspecified atom stereocenters. The van der Waals surface area contributed by atoms with Crippen LogP contribution in [0, 0.1) is 10.8 Å². The number of amides is 1. The molecule has 1 heterocycles. The smallest absolute Gasteiger partial charge is 0.371 e. The van der Waals surface area contributed by atoms with Crippen LogP contribution in [-0.2, 0) is 0 Å². The number of carbonyl (C=O) groups excluding carboxylic acids is 1. The lowest BCUT2D eigenvalue weighted by Crippen LogP contribution is -2.29. The van der Waals surface area contributed by atoms with Crippen molar-refractivity contribution in [3.05, 3.63) is 23.7 Å². The van der Waals surface area contributed by atoms with E-state index in [0.29, 0.717) is 0 Å². The third kappa shape index (κ3) is 1.70. The Hall–Kier alpha value is -1.78. The zero-order chi connectivity index (χ0) is 13.7. The van der Waals surface area contributed by atoms with E-state index in [4.69, 9.17) is 9.52 Å². The van der Waals surface area contributed by atoms with Crippen molar-refractivity contribution in [2.24, 2.45) is 10.8 Å². The van der Waals surface area contributed by atoms with Gasteiger partial charge in [0.1, 0.15) is 0 Å². The fraction of sp³-hybridized carbons (Fsp3) is 0.538. The van der Waals surface area contributed by atoms with Crippen LogP contribution in [0.1, 0.15) is 48.8 Å². The summed E-state index contributed by atoms with van der Waals surface area (Å²) in [6.45, 7) is 8.34. The Kier molecular flexibility index (Phi) is 2.54. The van der Waals surface area contributed by atoms with E-state index in [2.05, 4.69) is 33.0 Å². The van der Waals surface area contributed by atoms with E-state index in [1.165, 1.54) is 12.1 Å². The number of carbonyl (C=O) groups is 2. The Morgan fingerprint density at radius 2 is 1.67 bits per heavy atom. The summed E-state index contributed by atoms with van der Waals surface area (Å²) >= 11 is 0. The maximum atomic E-state index is 11.9. The highest BCUT2D eigenvalue weighted by Crippen LogP contribution is 2.62. The lowest BCUT2D eigenvalue weighted by molar-refractivity contribution is 0.0659. The number of carboxylic acids is 1. The number of rotatable bonds is 3.